The van der Waals surface area contributed by atoms with Gasteiger partial charge in [0.25, 0.3) is 17.3 Å². The molecule has 0 fully saturated rings. The van der Waals surface area contributed by atoms with E-state index in [-0.39, 0.29) is 10.7 Å². The molecule has 0 radical (unpaired) electrons. The van der Waals surface area contributed by atoms with Crippen LogP contribution in [0.3, 0.4) is 0 Å². The summed E-state index contributed by atoms with van der Waals surface area (Å²) in [5.74, 6) is -0.0169. The molecule has 2 N–H and O–H groups in total. The quantitative estimate of drug-likeness (QED) is 0.171. The summed E-state index contributed by atoms with van der Waals surface area (Å²) in [6, 6.07) is 15.6. The van der Waals surface area contributed by atoms with Gasteiger partial charge in [-0.3, -0.25) is 30.3 Å². The maximum absolute atomic E-state index is 12.6. The molecule has 12 heteroatoms. The zero-order valence-electron chi connectivity index (χ0n) is 19.8. The van der Waals surface area contributed by atoms with Gasteiger partial charge in [0.2, 0.25) is 5.89 Å². The Balaban J connectivity index is 1.50. The lowest BCUT2D eigenvalue weighted by Crippen LogP contribution is -2.34. The number of hydrogen-bond donors (Lipinski definition) is 2. The van der Waals surface area contributed by atoms with Crippen molar-refractivity contribution in [3.63, 3.8) is 0 Å². The fourth-order valence-electron chi connectivity index (χ4n) is 3.61. The molecule has 188 valence electrons. The molecule has 0 saturated carbocycles. The number of oxazole rings is 1. The van der Waals surface area contributed by atoms with E-state index in [1.165, 1.54) is 5.56 Å². The largest absolute Gasteiger partial charge is 0.436 e. The van der Waals surface area contributed by atoms with Crippen LogP contribution < -0.4 is 10.6 Å². The molecule has 1 atom stereocenters. The molecule has 1 amide bonds. The summed E-state index contributed by atoms with van der Waals surface area (Å²) in [4.78, 5) is 37.7. The number of amides is 1. The molecule has 1 aromatic heterocycles. The van der Waals surface area contributed by atoms with E-state index >= 15 is 0 Å². The Bertz CT molecular complexity index is 1520. The summed E-state index contributed by atoms with van der Waals surface area (Å²) in [6.45, 7) is 4.28. The number of rotatable bonds is 7. The van der Waals surface area contributed by atoms with Crippen molar-refractivity contribution in [3.8, 4) is 11.5 Å². The molecule has 0 saturated heterocycles. The topological polar surface area (TPSA) is 153 Å². The molecule has 0 aliphatic carbocycles. The number of nitrogens with one attached hydrogen (secondary N) is 2. The van der Waals surface area contributed by atoms with Crippen LogP contribution in [0.1, 0.15) is 42.1 Å². The number of carbonyl (C=O) groups excluding carboxylic acids is 1. The van der Waals surface area contributed by atoms with Gasteiger partial charge in [0.1, 0.15) is 5.52 Å². The normalized spacial score (nSPS) is 11.6. The second-order valence-electron chi connectivity index (χ2n) is 8.30. The van der Waals surface area contributed by atoms with Crippen molar-refractivity contribution in [3.05, 3.63) is 92.0 Å². The molecule has 0 unspecified atom stereocenters. The highest BCUT2D eigenvalue weighted by Gasteiger charge is 2.20. The molecule has 11 nitrogen and oxygen atoms in total. The van der Waals surface area contributed by atoms with Crippen LogP contribution in [-0.4, -0.2) is 25.9 Å². The molecule has 37 heavy (non-hydrogen) atoms. The first kappa shape index (κ1) is 25.4. The summed E-state index contributed by atoms with van der Waals surface area (Å²) < 4.78 is 5.91. The maximum Gasteiger partial charge on any atom is 0.277 e. The Hall–Kier alpha value is -4.71. The van der Waals surface area contributed by atoms with Crippen molar-refractivity contribution in [1.82, 2.24) is 10.3 Å². The van der Waals surface area contributed by atoms with E-state index in [1.54, 1.807) is 18.2 Å². The number of aromatic nitrogens is 1. The predicted molar refractivity (Wildman–Crippen MR) is 142 cm³/mol. The second-order valence-corrected chi connectivity index (χ2v) is 8.71. The number of non-ortho nitro benzene ring substituents is 2. The summed E-state index contributed by atoms with van der Waals surface area (Å²) in [5, 5.41) is 27.3. The minimum atomic E-state index is -0.837. The van der Waals surface area contributed by atoms with Gasteiger partial charge in [-0.25, -0.2) is 4.98 Å². The number of benzene rings is 3. The third-order valence-corrected chi connectivity index (χ3v) is 5.98. The van der Waals surface area contributed by atoms with Crippen LogP contribution in [-0.2, 0) is 0 Å². The van der Waals surface area contributed by atoms with Crippen molar-refractivity contribution in [2.45, 2.75) is 26.2 Å². The van der Waals surface area contributed by atoms with Gasteiger partial charge in [-0.2, -0.15) is 0 Å². The van der Waals surface area contributed by atoms with Crippen molar-refractivity contribution < 1.29 is 19.1 Å². The monoisotopic (exact) mass is 519 g/mol. The third kappa shape index (κ3) is 5.76. The molecule has 4 rings (SSSR count). The van der Waals surface area contributed by atoms with E-state index in [1.807, 2.05) is 24.3 Å². The van der Waals surface area contributed by atoms with Crippen LogP contribution in [0.25, 0.3) is 22.6 Å². The van der Waals surface area contributed by atoms with Crippen molar-refractivity contribution >= 4 is 51.4 Å². The number of nitrogens with zero attached hydrogens (tertiary/aromatic N) is 3. The minimum absolute atomic E-state index is 0.105. The molecular weight excluding hydrogens is 498 g/mol. The zero-order chi connectivity index (χ0) is 26.7. The van der Waals surface area contributed by atoms with Gasteiger partial charge in [-0.05, 0) is 60.5 Å². The van der Waals surface area contributed by atoms with Crippen LogP contribution in [0.4, 0.5) is 17.1 Å². The average Bonchev–Trinajstić information content (AvgIpc) is 3.31. The Morgan fingerprint density at radius 2 is 1.76 bits per heavy atom. The van der Waals surface area contributed by atoms with Crippen LogP contribution >= 0.6 is 12.2 Å². The lowest BCUT2D eigenvalue weighted by molar-refractivity contribution is -0.394. The molecule has 1 heterocycles. The standard InChI is InChI=1S/C25H21N5O6S/c1-3-14(2)15-7-8-22-21(12-15)27-24(36-22)16-5-4-6-18(9-16)26-25(37)28-23(31)17-10-19(29(32)33)13-20(11-17)30(34)35/h4-14H,3H2,1-2H3,(H2,26,28,31,37)/t14-/m0/s1. The van der Waals surface area contributed by atoms with Gasteiger partial charge in [0, 0.05) is 23.4 Å². The van der Waals surface area contributed by atoms with Crippen LogP contribution in [0.15, 0.2) is 65.1 Å². The highest BCUT2D eigenvalue weighted by Crippen LogP contribution is 2.29. The van der Waals surface area contributed by atoms with Crippen LogP contribution in [0.5, 0.6) is 0 Å². The van der Waals surface area contributed by atoms with Crippen molar-refractivity contribution in [2.24, 2.45) is 0 Å². The van der Waals surface area contributed by atoms with Gasteiger partial charge >= 0.3 is 0 Å². The first-order chi connectivity index (χ1) is 17.6. The van der Waals surface area contributed by atoms with Gasteiger partial charge < -0.3 is 9.73 Å². The van der Waals surface area contributed by atoms with E-state index < -0.39 is 27.1 Å². The Morgan fingerprint density at radius 1 is 1.05 bits per heavy atom. The fourth-order valence-corrected chi connectivity index (χ4v) is 3.83. The Morgan fingerprint density at radius 3 is 2.41 bits per heavy atom. The van der Waals surface area contributed by atoms with E-state index in [0.29, 0.717) is 28.6 Å². The van der Waals surface area contributed by atoms with Gasteiger partial charge in [0.15, 0.2) is 10.7 Å². The fraction of sp³-hybridized carbons (Fsp3) is 0.160. The van der Waals surface area contributed by atoms with E-state index in [9.17, 15) is 25.0 Å². The van der Waals surface area contributed by atoms with Gasteiger partial charge in [0.05, 0.1) is 21.5 Å². The number of fused-ring (bicyclic) bond motifs is 1. The Kier molecular flexibility index (Phi) is 7.20. The number of nitro groups is 2. The predicted octanol–water partition coefficient (Wildman–Crippen LogP) is 5.95. The second kappa shape index (κ2) is 10.5. The molecule has 0 aliphatic heterocycles. The molecule has 4 aromatic rings. The first-order valence-electron chi connectivity index (χ1n) is 11.2. The van der Waals surface area contributed by atoms with Gasteiger partial charge in [-0.1, -0.05) is 26.0 Å². The maximum atomic E-state index is 12.6. The van der Waals surface area contributed by atoms with Crippen LogP contribution in [0, 0.1) is 20.2 Å². The molecule has 0 spiro atoms. The van der Waals surface area contributed by atoms with E-state index in [0.717, 1.165) is 30.1 Å². The lowest BCUT2D eigenvalue weighted by Gasteiger charge is -2.10. The number of anilines is 1. The highest BCUT2D eigenvalue weighted by atomic mass is 32.1. The van der Waals surface area contributed by atoms with Crippen molar-refractivity contribution in [2.75, 3.05) is 5.32 Å². The lowest BCUT2D eigenvalue weighted by atomic mass is 9.98. The average molecular weight is 520 g/mol. The minimum Gasteiger partial charge on any atom is -0.436 e. The van der Waals surface area contributed by atoms with Gasteiger partial charge in [-0.15, -0.1) is 0 Å². The van der Waals surface area contributed by atoms with E-state index in [2.05, 4.69) is 29.5 Å². The summed E-state index contributed by atoms with van der Waals surface area (Å²) in [7, 11) is 0. The first-order valence-corrected chi connectivity index (χ1v) is 11.6. The number of carbonyl (C=O) groups is 1. The number of nitro benzene ring substituents is 2. The highest BCUT2D eigenvalue weighted by molar-refractivity contribution is 7.80. The van der Waals surface area contributed by atoms with Crippen molar-refractivity contribution in [1.29, 1.82) is 0 Å². The molecular formula is C25H21N5O6S. The number of hydrogen-bond acceptors (Lipinski definition) is 8. The molecule has 3 aromatic carbocycles. The zero-order valence-corrected chi connectivity index (χ0v) is 20.6. The van der Waals surface area contributed by atoms with Crippen LogP contribution in [0.2, 0.25) is 0 Å². The molecule has 0 bridgehead atoms. The summed E-state index contributed by atoms with van der Waals surface area (Å²) >= 11 is 5.19. The summed E-state index contributed by atoms with van der Waals surface area (Å²) in [6.07, 6.45) is 1.01. The smallest absolute Gasteiger partial charge is 0.277 e. The molecule has 0 aliphatic rings. The third-order valence-electron chi connectivity index (χ3n) is 5.77. The van der Waals surface area contributed by atoms with E-state index in [4.69, 9.17) is 16.6 Å². The SMILES string of the molecule is CC[C@H](C)c1ccc2oc(-c3cccc(NC(=S)NC(=O)c4cc([N+](=O)[O-])cc([N+](=O)[O-])c4)c3)nc2c1. The number of thiocarbonyl (C=S) groups is 1. The Labute approximate surface area is 215 Å². The summed E-state index contributed by atoms with van der Waals surface area (Å²) in [5.41, 5.74) is 2.35.